The SMILES string of the molecule is CC(C)(CN)NS(=O)(=O)c1cc(S(C)(=O)=O)ccc1Cl. The normalized spacial score (nSPS) is 13.4. The lowest BCUT2D eigenvalue weighted by Gasteiger charge is -2.24. The van der Waals surface area contributed by atoms with E-state index < -0.39 is 25.4 Å². The second kappa shape index (κ2) is 5.61. The second-order valence-electron chi connectivity index (χ2n) is 5.06. The first kappa shape index (κ1) is 17.4. The summed E-state index contributed by atoms with van der Waals surface area (Å²) in [6.07, 6.45) is 0.990. The van der Waals surface area contributed by atoms with Gasteiger partial charge in [-0.1, -0.05) is 11.6 Å². The zero-order chi connectivity index (χ0) is 15.8. The first-order valence-corrected chi connectivity index (χ1v) is 9.38. The van der Waals surface area contributed by atoms with E-state index in [1.54, 1.807) is 13.8 Å². The van der Waals surface area contributed by atoms with Gasteiger partial charge in [-0.05, 0) is 32.0 Å². The molecule has 0 amide bonds. The average Bonchev–Trinajstić information content (AvgIpc) is 2.26. The fraction of sp³-hybridized carbons (Fsp3) is 0.455. The Kier molecular flexibility index (Phi) is 4.87. The average molecular weight is 341 g/mol. The Morgan fingerprint density at radius 1 is 1.25 bits per heavy atom. The third kappa shape index (κ3) is 4.16. The van der Waals surface area contributed by atoms with Gasteiger partial charge in [0.2, 0.25) is 10.0 Å². The lowest BCUT2D eigenvalue weighted by molar-refractivity contribution is 0.462. The van der Waals surface area contributed by atoms with Crippen LogP contribution >= 0.6 is 11.6 Å². The summed E-state index contributed by atoms with van der Waals surface area (Å²) < 4.78 is 49.9. The first-order valence-electron chi connectivity index (χ1n) is 5.63. The Balaban J connectivity index is 3.39. The van der Waals surface area contributed by atoms with Crippen molar-refractivity contribution in [1.29, 1.82) is 0 Å². The summed E-state index contributed by atoms with van der Waals surface area (Å²) in [5.41, 5.74) is 4.60. The smallest absolute Gasteiger partial charge is 0.242 e. The van der Waals surface area contributed by atoms with Gasteiger partial charge in [-0.15, -0.1) is 0 Å². The van der Waals surface area contributed by atoms with Crippen molar-refractivity contribution in [3.63, 3.8) is 0 Å². The minimum absolute atomic E-state index is 0.0577. The maximum Gasteiger partial charge on any atom is 0.242 e. The van der Waals surface area contributed by atoms with Crippen LogP contribution in [0.2, 0.25) is 5.02 Å². The summed E-state index contributed by atoms with van der Waals surface area (Å²) in [4.78, 5) is -0.406. The standard InChI is InChI=1S/C11H17ClN2O4S2/c1-11(2,7-13)14-20(17,18)10-6-8(19(3,15)16)4-5-9(10)12/h4-6,14H,7,13H2,1-3H3. The quantitative estimate of drug-likeness (QED) is 0.823. The summed E-state index contributed by atoms with van der Waals surface area (Å²) in [6, 6.07) is 3.53. The molecule has 9 heteroatoms. The van der Waals surface area contributed by atoms with Crippen LogP contribution in [-0.2, 0) is 19.9 Å². The molecule has 0 bridgehead atoms. The molecule has 6 nitrogen and oxygen atoms in total. The van der Waals surface area contributed by atoms with Gasteiger partial charge in [-0.3, -0.25) is 0 Å². The topological polar surface area (TPSA) is 106 Å². The first-order chi connectivity index (χ1) is 8.89. The molecule has 20 heavy (non-hydrogen) atoms. The predicted molar refractivity (Wildman–Crippen MR) is 78.0 cm³/mol. The van der Waals surface area contributed by atoms with Crippen LogP contribution in [0.1, 0.15) is 13.8 Å². The number of hydrogen-bond donors (Lipinski definition) is 2. The Morgan fingerprint density at radius 3 is 2.25 bits per heavy atom. The van der Waals surface area contributed by atoms with Crippen molar-refractivity contribution in [3.05, 3.63) is 23.2 Å². The molecule has 0 saturated carbocycles. The van der Waals surface area contributed by atoms with Gasteiger partial charge in [-0.2, -0.15) is 0 Å². The van der Waals surface area contributed by atoms with Gasteiger partial charge < -0.3 is 5.73 Å². The molecule has 1 rings (SSSR count). The van der Waals surface area contributed by atoms with Crippen molar-refractivity contribution in [1.82, 2.24) is 4.72 Å². The van der Waals surface area contributed by atoms with Crippen LogP contribution in [-0.4, -0.2) is 35.2 Å². The van der Waals surface area contributed by atoms with E-state index in [0.717, 1.165) is 12.3 Å². The number of sulfone groups is 1. The summed E-state index contributed by atoms with van der Waals surface area (Å²) in [6.45, 7) is 3.30. The van der Waals surface area contributed by atoms with Gasteiger partial charge in [0.15, 0.2) is 9.84 Å². The van der Waals surface area contributed by atoms with Crippen LogP contribution in [0.25, 0.3) is 0 Å². The maximum atomic E-state index is 12.3. The fourth-order valence-corrected chi connectivity index (χ4v) is 4.05. The predicted octanol–water partition coefficient (Wildman–Crippen LogP) is 0.759. The Morgan fingerprint density at radius 2 is 1.80 bits per heavy atom. The zero-order valence-corrected chi connectivity index (χ0v) is 13.7. The van der Waals surface area contributed by atoms with E-state index >= 15 is 0 Å². The molecular weight excluding hydrogens is 324 g/mol. The number of sulfonamides is 1. The van der Waals surface area contributed by atoms with E-state index in [9.17, 15) is 16.8 Å². The van der Waals surface area contributed by atoms with Crippen LogP contribution < -0.4 is 10.5 Å². The zero-order valence-electron chi connectivity index (χ0n) is 11.3. The lowest BCUT2D eigenvalue weighted by Crippen LogP contribution is -2.48. The van der Waals surface area contributed by atoms with Crippen molar-refractivity contribution in [2.45, 2.75) is 29.2 Å². The molecule has 114 valence electrons. The molecule has 0 saturated heterocycles. The molecular formula is C11H17ClN2O4S2. The number of benzene rings is 1. The number of rotatable bonds is 5. The Bertz CT molecular complexity index is 712. The van der Waals surface area contributed by atoms with Gasteiger partial charge in [0.05, 0.1) is 9.92 Å². The molecule has 0 aromatic heterocycles. The Labute approximate surface area is 124 Å². The minimum atomic E-state index is -3.97. The summed E-state index contributed by atoms with van der Waals surface area (Å²) in [5, 5.41) is -0.0577. The number of nitrogens with two attached hydrogens (primary N) is 1. The lowest BCUT2D eigenvalue weighted by atomic mass is 10.1. The molecule has 0 aliphatic heterocycles. The third-order valence-electron chi connectivity index (χ3n) is 2.54. The third-order valence-corrected chi connectivity index (χ3v) is 5.83. The molecule has 1 aromatic rings. The number of nitrogens with one attached hydrogen (secondary N) is 1. The monoisotopic (exact) mass is 340 g/mol. The molecule has 0 spiro atoms. The molecule has 0 unspecified atom stereocenters. The van der Waals surface area contributed by atoms with Crippen molar-refractivity contribution in [3.8, 4) is 0 Å². The van der Waals surface area contributed by atoms with Crippen LogP contribution in [0.15, 0.2) is 28.0 Å². The van der Waals surface area contributed by atoms with Gasteiger partial charge >= 0.3 is 0 Å². The summed E-state index contributed by atoms with van der Waals surface area (Å²) in [7, 11) is -7.50. The van der Waals surface area contributed by atoms with E-state index in [2.05, 4.69) is 4.72 Å². The van der Waals surface area contributed by atoms with Crippen molar-refractivity contribution in [2.75, 3.05) is 12.8 Å². The molecule has 0 fully saturated rings. The molecule has 0 heterocycles. The van der Waals surface area contributed by atoms with Gasteiger partial charge in [-0.25, -0.2) is 21.6 Å². The number of hydrogen-bond acceptors (Lipinski definition) is 5. The van der Waals surface area contributed by atoms with Gasteiger partial charge in [0, 0.05) is 18.3 Å². The van der Waals surface area contributed by atoms with Crippen molar-refractivity contribution in [2.24, 2.45) is 5.73 Å². The molecule has 0 aliphatic rings. The molecule has 0 aliphatic carbocycles. The van der Waals surface area contributed by atoms with Crippen molar-refractivity contribution < 1.29 is 16.8 Å². The summed E-state index contributed by atoms with van der Waals surface area (Å²) >= 11 is 5.86. The van der Waals surface area contributed by atoms with E-state index in [1.165, 1.54) is 12.1 Å². The Hall–Kier alpha value is -0.670. The van der Waals surface area contributed by atoms with Gasteiger partial charge in [0.25, 0.3) is 0 Å². The molecule has 1 aromatic carbocycles. The highest BCUT2D eigenvalue weighted by atomic mass is 35.5. The van der Waals surface area contributed by atoms with E-state index in [-0.39, 0.29) is 21.4 Å². The van der Waals surface area contributed by atoms with Gasteiger partial charge in [0.1, 0.15) is 4.90 Å². The van der Waals surface area contributed by atoms with Crippen LogP contribution in [0.5, 0.6) is 0 Å². The number of halogens is 1. The highest BCUT2D eigenvalue weighted by Gasteiger charge is 2.27. The molecule has 0 radical (unpaired) electrons. The fourth-order valence-electron chi connectivity index (χ4n) is 1.38. The molecule has 3 N–H and O–H groups in total. The second-order valence-corrected chi connectivity index (χ2v) is 9.13. The maximum absolute atomic E-state index is 12.3. The minimum Gasteiger partial charge on any atom is -0.329 e. The van der Waals surface area contributed by atoms with E-state index in [1.807, 2.05) is 0 Å². The van der Waals surface area contributed by atoms with E-state index in [4.69, 9.17) is 17.3 Å². The van der Waals surface area contributed by atoms with Crippen molar-refractivity contribution >= 4 is 31.5 Å². The largest absolute Gasteiger partial charge is 0.329 e. The van der Waals surface area contributed by atoms with Crippen LogP contribution in [0, 0.1) is 0 Å². The summed E-state index contributed by atoms with van der Waals surface area (Å²) in [5.74, 6) is 0. The van der Waals surface area contributed by atoms with E-state index in [0.29, 0.717) is 0 Å². The highest BCUT2D eigenvalue weighted by molar-refractivity contribution is 7.91. The van der Waals surface area contributed by atoms with Crippen LogP contribution in [0.4, 0.5) is 0 Å². The van der Waals surface area contributed by atoms with Crippen LogP contribution in [0.3, 0.4) is 0 Å². The molecule has 0 atom stereocenters. The highest BCUT2D eigenvalue weighted by Crippen LogP contribution is 2.25.